The molecule has 1 aliphatic rings. The van der Waals surface area contributed by atoms with Gasteiger partial charge in [0.2, 0.25) is 5.91 Å². The van der Waals surface area contributed by atoms with E-state index in [1.165, 1.54) is 11.3 Å². The van der Waals surface area contributed by atoms with Gasteiger partial charge in [-0.3, -0.25) is 14.6 Å². The maximum Gasteiger partial charge on any atom is 0.471 e. The zero-order valence-electron chi connectivity index (χ0n) is 14.2. The Morgan fingerprint density at radius 3 is 2.89 bits per heavy atom. The first kappa shape index (κ1) is 19.3. The van der Waals surface area contributed by atoms with Crippen LogP contribution in [0, 0.1) is 0 Å². The number of carbonyl (C=O) groups excluding carboxylic acids is 2. The van der Waals surface area contributed by atoms with Crippen LogP contribution < -0.4 is 5.32 Å². The Morgan fingerprint density at radius 2 is 2.19 bits per heavy atom. The highest BCUT2D eigenvalue weighted by molar-refractivity contribution is 7.13. The van der Waals surface area contributed by atoms with Gasteiger partial charge < -0.3 is 10.2 Å². The molecule has 0 saturated carbocycles. The van der Waals surface area contributed by atoms with Crippen LogP contribution in [-0.2, 0) is 16.0 Å². The summed E-state index contributed by atoms with van der Waals surface area (Å²) in [6.07, 6.45) is -0.537. The van der Waals surface area contributed by atoms with Crippen LogP contribution in [-0.4, -0.2) is 52.0 Å². The lowest BCUT2D eigenvalue weighted by Gasteiger charge is -2.24. The van der Waals surface area contributed by atoms with Crippen molar-refractivity contribution < 1.29 is 22.8 Å². The Balaban J connectivity index is 1.52. The van der Waals surface area contributed by atoms with Gasteiger partial charge in [-0.25, -0.2) is 4.98 Å². The second kappa shape index (κ2) is 8.03. The first-order valence-corrected chi connectivity index (χ1v) is 9.24. The number of pyridine rings is 1. The standard InChI is InChI=1S/C17H17F3N4O2S/c18-17(19,20)16(26)24-8-2-4-13(24)14(25)22-7-5-12-10-27-15(23-12)11-3-1-6-21-9-11/h1,3,6,9-10,13H,2,4-5,7-8H2,(H,22,25). The molecule has 6 nitrogen and oxygen atoms in total. The van der Waals surface area contributed by atoms with Crippen molar-refractivity contribution in [1.82, 2.24) is 20.2 Å². The molecule has 3 heterocycles. The van der Waals surface area contributed by atoms with E-state index in [9.17, 15) is 22.8 Å². The third kappa shape index (κ3) is 4.62. The van der Waals surface area contributed by atoms with Crippen LogP contribution >= 0.6 is 11.3 Å². The summed E-state index contributed by atoms with van der Waals surface area (Å²) in [6.45, 7) is 0.177. The van der Waals surface area contributed by atoms with Crippen LogP contribution in [0.2, 0.25) is 0 Å². The number of nitrogens with one attached hydrogen (secondary N) is 1. The molecule has 0 aromatic carbocycles. The molecule has 3 rings (SSSR count). The van der Waals surface area contributed by atoms with E-state index in [0.29, 0.717) is 17.7 Å². The van der Waals surface area contributed by atoms with Gasteiger partial charge >= 0.3 is 12.1 Å². The maximum absolute atomic E-state index is 12.6. The average Bonchev–Trinajstić information content (AvgIpc) is 3.30. The number of hydrogen-bond donors (Lipinski definition) is 1. The number of amides is 2. The van der Waals surface area contributed by atoms with Crippen LogP contribution in [0.5, 0.6) is 0 Å². The van der Waals surface area contributed by atoms with Gasteiger partial charge in [0.05, 0.1) is 5.69 Å². The van der Waals surface area contributed by atoms with Crippen LogP contribution in [0.1, 0.15) is 18.5 Å². The molecule has 2 aromatic heterocycles. The average molecular weight is 398 g/mol. The van der Waals surface area contributed by atoms with Gasteiger partial charge in [0.25, 0.3) is 0 Å². The molecule has 1 fully saturated rings. The van der Waals surface area contributed by atoms with Crippen molar-refractivity contribution in [3.8, 4) is 10.6 Å². The lowest BCUT2D eigenvalue weighted by Crippen LogP contribution is -2.50. The number of aromatic nitrogens is 2. The summed E-state index contributed by atoms with van der Waals surface area (Å²) < 4.78 is 37.9. The second-order valence-electron chi connectivity index (χ2n) is 6.08. The van der Waals surface area contributed by atoms with Gasteiger partial charge in [0.1, 0.15) is 11.0 Å². The zero-order chi connectivity index (χ0) is 19.4. The third-order valence-corrected chi connectivity index (χ3v) is 5.14. The number of halogens is 3. The van der Waals surface area contributed by atoms with Crippen molar-refractivity contribution in [2.75, 3.05) is 13.1 Å². The van der Waals surface area contributed by atoms with Crippen LogP contribution in [0.15, 0.2) is 29.9 Å². The van der Waals surface area contributed by atoms with Crippen molar-refractivity contribution in [3.63, 3.8) is 0 Å². The van der Waals surface area contributed by atoms with Gasteiger partial charge in [-0.2, -0.15) is 13.2 Å². The molecule has 2 amide bonds. The predicted octanol–water partition coefficient (Wildman–Crippen LogP) is 2.42. The minimum absolute atomic E-state index is 0.0585. The Morgan fingerprint density at radius 1 is 1.37 bits per heavy atom. The minimum Gasteiger partial charge on any atom is -0.354 e. The molecule has 2 aromatic rings. The van der Waals surface area contributed by atoms with Gasteiger partial charge in [-0.15, -0.1) is 11.3 Å². The number of carbonyl (C=O) groups is 2. The van der Waals surface area contributed by atoms with E-state index in [-0.39, 0.29) is 19.5 Å². The summed E-state index contributed by atoms with van der Waals surface area (Å²) in [7, 11) is 0. The molecular formula is C17H17F3N4O2S. The third-order valence-electron chi connectivity index (χ3n) is 4.20. The van der Waals surface area contributed by atoms with Crippen molar-refractivity contribution >= 4 is 23.2 Å². The Kier molecular flexibility index (Phi) is 5.73. The topological polar surface area (TPSA) is 75.2 Å². The Bertz CT molecular complexity index is 810. The Hall–Kier alpha value is -2.49. The molecule has 0 spiro atoms. The number of alkyl halides is 3. The van der Waals surface area contributed by atoms with E-state index in [0.717, 1.165) is 16.3 Å². The van der Waals surface area contributed by atoms with Gasteiger partial charge in [-0.05, 0) is 25.0 Å². The SMILES string of the molecule is O=C(NCCc1csc(-c2cccnc2)n1)C1CCCN1C(=O)C(F)(F)F. The quantitative estimate of drug-likeness (QED) is 0.839. The van der Waals surface area contributed by atoms with E-state index in [1.807, 2.05) is 17.5 Å². The smallest absolute Gasteiger partial charge is 0.354 e. The van der Waals surface area contributed by atoms with Crippen LogP contribution in [0.4, 0.5) is 13.2 Å². The molecule has 1 unspecified atom stereocenters. The molecule has 0 radical (unpaired) electrons. The molecule has 0 aliphatic carbocycles. The number of likely N-dealkylation sites (tertiary alicyclic amines) is 1. The molecular weight excluding hydrogens is 381 g/mol. The van der Waals surface area contributed by atoms with Crippen LogP contribution in [0.25, 0.3) is 10.6 Å². The zero-order valence-corrected chi connectivity index (χ0v) is 15.0. The summed E-state index contributed by atoms with van der Waals surface area (Å²) in [5.41, 5.74) is 1.67. The summed E-state index contributed by atoms with van der Waals surface area (Å²) in [6, 6.07) is 2.64. The van der Waals surface area contributed by atoms with Crippen molar-refractivity contribution in [3.05, 3.63) is 35.6 Å². The second-order valence-corrected chi connectivity index (χ2v) is 6.94. The molecule has 1 atom stereocenters. The van der Waals surface area contributed by atoms with Gasteiger partial charge in [-0.1, -0.05) is 0 Å². The highest BCUT2D eigenvalue weighted by atomic mass is 32.1. The van der Waals surface area contributed by atoms with Crippen molar-refractivity contribution in [2.45, 2.75) is 31.5 Å². The molecule has 1 N–H and O–H groups in total. The molecule has 144 valence electrons. The summed E-state index contributed by atoms with van der Waals surface area (Å²) >= 11 is 1.45. The largest absolute Gasteiger partial charge is 0.471 e. The molecule has 1 aliphatic heterocycles. The number of rotatable bonds is 5. The van der Waals surface area contributed by atoms with E-state index in [1.54, 1.807) is 12.4 Å². The monoisotopic (exact) mass is 398 g/mol. The van der Waals surface area contributed by atoms with Gasteiger partial charge in [0.15, 0.2) is 0 Å². The van der Waals surface area contributed by atoms with E-state index < -0.39 is 24.0 Å². The predicted molar refractivity (Wildman–Crippen MR) is 92.8 cm³/mol. The normalized spacial score (nSPS) is 17.1. The number of hydrogen-bond acceptors (Lipinski definition) is 5. The lowest BCUT2D eigenvalue weighted by molar-refractivity contribution is -0.186. The Labute approximate surface area is 157 Å². The number of nitrogens with zero attached hydrogens (tertiary/aromatic N) is 3. The van der Waals surface area contributed by atoms with E-state index in [4.69, 9.17) is 0 Å². The summed E-state index contributed by atoms with van der Waals surface area (Å²) in [5, 5.41) is 5.28. The summed E-state index contributed by atoms with van der Waals surface area (Å²) in [4.78, 5) is 32.7. The fraction of sp³-hybridized carbons (Fsp3) is 0.412. The first-order valence-electron chi connectivity index (χ1n) is 8.36. The van der Waals surface area contributed by atoms with Gasteiger partial charge in [0, 0.05) is 42.8 Å². The molecule has 0 bridgehead atoms. The van der Waals surface area contributed by atoms with Crippen LogP contribution in [0.3, 0.4) is 0 Å². The molecule has 1 saturated heterocycles. The highest BCUT2D eigenvalue weighted by Crippen LogP contribution is 2.26. The van der Waals surface area contributed by atoms with E-state index >= 15 is 0 Å². The minimum atomic E-state index is -4.97. The fourth-order valence-corrected chi connectivity index (χ4v) is 3.77. The molecule has 27 heavy (non-hydrogen) atoms. The molecule has 10 heteroatoms. The fourth-order valence-electron chi connectivity index (χ4n) is 2.92. The maximum atomic E-state index is 12.6. The first-order chi connectivity index (χ1) is 12.9. The van der Waals surface area contributed by atoms with Crippen molar-refractivity contribution in [1.29, 1.82) is 0 Å². The van der Waals surface area contributed by atoms with E-state index in [2.05, 4.69) is 15.3 Å². The highest BCUT2D eigenvalue weighted by Gasteiger charge is 2.47. The summed E-state index contributed by atoms with van der Waals surface area (Å²) in [5.74, 6) is -2.52. The van der Waals surface area contributed by atoms with Crippen molar-refractivity contribution in [2.24, 2.45) is 0 Å². The number of thiazole rings is 1. The lowest BCUT2D eigenvalue weighted by atomic mass is 10.2.